The fourth-order valence-electron chi connectivity index (χ4n) is 2.64. The SMILES string of the molecule is COCCOc1cc2c(C#N)cn(-c3ccc(C(=O)O)cc3)c2cc1F. The van der Waals surface area contributed by atoms with Crippen molar-refractivity contribution in [3.05, 3.63) is 59.5 Å². The number of rotatable bonds is 6. The van der Waals surface area contributed by atoms with Gasteiger partial charge in [0.1, 0.15) is 12.7 Å². The number of nitriles is 1. The maximum atomic E-state index is 14.4. The second-order valence-electron chi connectivity index (χ2n) is 5.52. The Morgan fingerprint density at radius 3 is 2.62 bits per heavy atom. The van der Waals surface area contributed by atoms with Crippen molar-refractivity contribution in [2.24, 2.45) is 0 Å². The van der Waals surface area contributed by atoms with Crippen molar-refractivity contribution in [3.63, 3.8) is 0 Å². The molecule has 1 N–H and O–H groups in total. The van der Waals surface area contributed by atoms with Gasteiger partial charge >= 0.3 is 5.97 Å². The highest BCUT2D eigenvalue weighted by Gasteiger charge is 2.15. The molecule has 0 aliphatic heterocycles. The van der Waals surface area contributed by atoms with E-state index < -0.39 is 11.8 Å². The Labute approximate surface area is 148 Å². The molecule has 7 heteroatoms. The third kappa shape index (κ3) is 3.23. The summed E-state index contributed by atoms with van der Waals surface area (Å²) in [5.74, 6) is -1.54. The van der Waals surface area contributed by atoms with E-state index in [1.807, 2.05) is 0 Å². The van der Waals surface area contributed by atoms with E-state index in [-0.39, 0.29) is 17.9 Å². The Morgan fingerprint density at radius 2 is 2.00 bits per heavy atom. The van der Waals surface area contributed by atoms with Crippen molar-refractivity contribution in [1.82, 2.24) is 4.57 Å². The van der Waals surface area contributed by atoms with Crippen molar-refractivity contribution in [3.8, 4) is 17.5 Å². The summed E-state index contributed by atoms with van der Waals surface area (Å²) in [7, 11) is 1.52. The Bertz CT molecular complexity index is 1000. The molecule has 0 atom stereocenters. The van der Waals surface area contributed by atoms with Gasteiger partial charge in [-0.1, -0.05) is 0 Å². The van der Waals surface area contributed by atoms with Crippen LogP contribution in [0, 0.1) is 17.1 Å². The van der Waals surface area contributed by atoms with Gasteiger partial charge in [0, 0.05) is 30.4 Å². The molecule has 3 aromatic rings. The Balaban J connectivity index is 2.08. The van der Waals surface area contributed by atoms with Gasteiger partial charge in [-0.2, -0.15) is 5.26 Å². The topological polar surface area (TPSA) is 84.5 Å². The number of hydrogen-bond donors (Lipinski definition) is 1. The van der Waals surface area contributed by atoms with Crippen molar-refractivity contribution in [1.29, 1.82) is 5.26 Å². The molecular weight excluding hydrogens is 339 g/mol. The van der Waals surface area contributed by atoms with E-state index in [4.69, 9.17) is 14.6 Å². The van der Waals surface area contributed by atoms with Gasteiger partial charge in [-0.3, -0.25) is 0 Å². The standard InChI is InChI=1S/C19H15FN2O4/c1-25-6-7-26-18-8-15-13(10-21)11-22(17(15)9-16(18)20)14-4-2-12(3-5-14)19(23)24/h2-5,8-9,11H,6-7H2,1H3,(H,23,24). The highest BCUT2D eigenvalue weighted by Crippen LogP contribution is 2.30. The monoisotopic (exact) mass is 354 g/mol. The van der Waals surface area contributed by atoms with E-state index in [1.54, 1.807) is 22.9 Å². The van der Waals surface area contributed by atoms with Crippen LogP contribution in [0.1, 0.15) is 15.9 Å². The predicted molar refractivity (Wildman–Crippen MR) is 92.3 cm³/mol. The van der Waals surface area contributed by atoms with Gasteiger partial charge in [-0.15, -0.1) is 0 Å². The number of fused-ring (bicyclic) bond motifs is 1. The number of benzene rings is 2. The smallest absolute Gasteiger partial charge is 0.335 e. The predicted octanol–water partition coefficient (Wildman–Crippen LogP) is 3.36. The summed E-state index contributed by atoms with van der Waals surface area (Å²) < 4.78 is 26.3. The zero-order valence-corrected chi connectivity index (χ0v) is 13.9. The fraction of sp³-hybridized carbons (Fsp3) is 0.158. The minimum Gasteiger partial charge on any atom is -0.488 e. The Morgan fingerprint density at radius 1 is 1.27 bits per heavy atom. The molecule has 0 saturated carbocycles. The minimum atomic E-state index is -1.03. The Hall–Kier alpha value is -3.37. The fourth-order valence-corrected chi connectivity index (χ4v) is 2.64. The normalized spacial score (nSPS) is 10.7. The van der Waals surface area contributed by atoms with Crippen LogP contribution in [-0.4, -0.2) is 36.0 Å². The minimum absolute atomic E-state index is 0.0463. The summed E-state index contributed by atoms with van der Waals surface area (Å²) in [4.78, 5) is 11.0. The molecule has 0 radical (unpaired) electrons. The molecule has 1 heterocycles. The van der Waals surface area contributed by atoms with E-state index >= 15 is 0 Å². The quantitative estimate of drug-likeness (QED) is 0.686. The van der Waals surface area contributed by atoms with E-state index in [9.17, 15) is 14.4 Å². The highest BCUT2D eigenvalue weighted by molar-refractivity contribution is 5.90. The molecule has 0 unspecified atom stereocenters. The second-order valence-corrected chi connectivity index (χ2v) is 5.52. The third-order valence-electron chi connectivity index (χ3n) is 3.92. The van der Waals surface area contributed by atoms with Gasteiger partial charge in [0.25, 0.3) is 0 Å². The maximum absolute atomic E-state index is 14.4. The molecule has 1 aromatic heterocycles. The number of hydrogen-bond acceptors (Lipinski definition) is 4. The van der Waals surface area contributed by atoms with Gasteiger partial charge in [0.2, 0.25) is 0 Å². The van der Waals surface area contributed by atoms with Crippen LogP contribution < -0.4 is 4.74 Å². The van der Waals surface area contributed by atoms with Gasteiger partial charge in [0.05, 0.1) is 23.3 Å². The molecule has 0 amide bonds. The van der Waals surface area contributed by atoms with Crippen LogP contribution in [0.5, 0.6) is 5.75 Å². The van der Waals surface area contributed by atoms with Crippen molar-refractivity contribution >= 4 is 16.9 Å². The summed E-state index contributed by atoms with van der Waals surface area (Å²) >= 11 is 0. The summed E-state index contributed by atoms with van der Waals surface area (Å²) in [6.07, 6.45) is 1.58. The molecule has 0 aliphatic carbocycles. The van der Waals surface area contributed by atoms with Gasteiger partial charge in [-0.05, 0) is 30.3 Å². The molecule has 132 valence electrons. The molecule has 3 rings (SSSR count). The lowest BCUT2D eigenvalue weighted by Crippen LogP contribution is -2.05. The summed E-state index contributed by atoms with van der Waals surface area (Å²) in [5, 5.41) is 18.9. The number of aromatic carboxylic acids is 1. The van der Waals surface area contributed by atoms with Crippen LogP contribution in [-0.2, 0) is 4.74 Å². The van der Waals surface area contributed by atoms with Crippen LogP contribution in [0.2, 0.25) is 0 Å². The zero-order valence-electron chi connectivity index (χ0n) is 13.9. The van der Waals surface area contributed by atoms with Crippen LogP contribution in [0.3, 0.4) is 0 Å². The van der Waals surface area contributed by atoms with Crippen molar-refractivity contribution in [2.75, 3.05) is 20.3 Å². The van der Waals surface area contributed by atoms with Crippen LogP contribution >= 0.6 is 0 Å². The summed E-state index contributed by atoms with van der Waals surface area (Å²) in [6, 6.07) is 11.0. The largest absolute Gasteiger partial charge is 0.488 e. The average molecular weight is 354 g/mol. The third-order valence-corrected chi connectivity index (χ3v) is 3.92. The summed E-state index contributed by atoms with van der Waals surface area (Å²) in [6.45, 7) is 0.512. The number of carboxylic acid groups (broad SMARTS) is 1. The highest BCUT2D eigenvalue weighted by atomic mass is 19.1. The number of aromatic nitrogens is 1. The number of halogens is 1. The maximum Gasteiger partial charge on any atom is 0.335 e. The lowest BCUT2D eigenvalue weighted by Gasteiger charge is -2.09. The zero-order chi connectivity index (χ0) is 18.7. The molecule has 6 nitrogen and oxygen atoms in total. The Kier molecular flexibility index (Phi) is 4.87. The second kappa shape index (κ2) is 7.25. The molecule has 0 bridgehead atoms. The van der Waals surface area contributed by atoms with E-state index in [0.29, 0.717) is 28.8 Å². The average Bonchev–Trinajstić information content (AvgIpc) is 2.99. The number of carbonyl (C=O) groups is 1. The number of ether oxygens (including phenoxy) is 2. The van der Waals surface area contributed by atoms with Crippen molar-refractivity contribution in [2.45, 2.75) is 0 Å². The van der Waals surface area contributed by atoms with E-state index in [0.717, 1.165) is 0 Å². The van der Waals surface area contributed by atoms with Crippen LogP contribution in [0.25, 0.3) is 16.6 Å². The lowest BCUT2D eigenvalue weighted by atomic mass is 10.1. The van der Waals surface area contributed by atoms with Gasteiger partial charge < -0.3 is 19.1 Å². The van der Waals surface area contributed by atoms with Crippen molar-refractivity contribution < 1.29 is 23.8 Å². The first-order valence-corrected chi connectivity index (χ1v) is 7.75. The molecule has 2 aromatic carbocycles. The first-order chi connectivity index (χ1) is 12.5. The van der Waals surface area contributed by atoms with E-state index in [2.05, 4.69) is 6.07 Å². The van der Waals surface area contributed by atoms with Gasteiger partial charge in [0.15, 0.2) is 11.6 Å². The molecular formula is C19H15FN2O4. The first-order valence-electron chi connectivity index (χ1n) is 7.75. The number of methoxy groups -OCH3 is 1. The number of carboxylic acids is 1. The van der Waals surface area contributed by atoms with Crippen LogP contribution in [0.15, 0.2) is 42.6 Å². The summed E-state index contributed by atoms with van der Waals surface area (Å²) in [5.41, 5.74) is 1.61. The molecule has 0 aliphatic rings. The molecule has 0 saturated heterocycles. The van der Waals surface area contributed by atoms with Crippen LogP contribution in [0.4, 0.5) is 4.39 Å². The molecule has 26 heavy (non-hydrogen) atoms. The van der Waals surface area contributed by atoms with E-state index in [1.165, 1.54) is 31.4 Å². The lowest BCUT2D eigenvalue weighted by molar-refractivity contribution is 0.0697. The first kappa shape index (κ1) is 17.5. The number of nitrogens with zero attached hydrogens (tertiary/aromatic N) is 2. The van der Waals surface area contributed by atoms with Gasteiger partial charge in [-0.25, -0.2) is 9.18 Å². The molecule has 0 fully saturated rings. The molecule has 0 spiro atoms.